The number of amides is 1. The average Bonchev–Trinajstić information content (AvgIpc) is 2.76. The Bertz CT molecular complexity index is 565. The Morgan fingerprint density at radius 2 is 2.15 bits per heavy atom. The fraction of sp³-hybridized carbons (Fsp3) is 0.643. The van der Waals surface area contributed by atoms with E-state index < -0.39 is 5.60 Å². The summed E-state index contributed by atoms with van der Waals surface area (Å²) in [5.41, 5.74) is 0.728. The van der Waals surface area contributed by atoms with E-state index in [9.17, 15) is 4.79 Å². The van der Waals surface area contributed by atoms with Crippen molar-refractivity contribution in [1.82, 2.24) is 14.7 Å². The number of rotatable bonds is 0. The first-order chi connectivity index (χ1) is 9.23. The maximum Gasteiger partial charge on any atom is 0.410 e. The van der Waals surface area contributed by atoms with Gasteiger partial charge >= 0.3 is 6.09 Å². The summed E-state index contributed by atoms with van der Waals surface area (Å²) in [4.78, 5) is 14.0. The standard InChI is InChI=1S/C14H20N4O2/c1-9-8-17(13(19)20-14(3,4)5)10(2)12-6-11(7-15)16-18(9)12/h6,9-10H,8H2,1-5H3/t9-,10-/m0/s1. The van der Waals surface area contributed by atoms with E-state index in [1.54, 1.807) is 11.0 Å². The molecule has 0 aliphatic carbocycles. The number of hydrogen-bond acceptors (Lipinski definition) is 4. The van der Waals surface area contributed by atoms with Gasteiger partial charge in [0.25, 0.3) is 0 Å². The summed E-state index contributed by atoms with van der Waals surface area (Å²) >= 11 is 0. The Labute approximate surface area is 118 Å². The summed E-state index contributed by atoms with van der Waals surface area (Å²) < 4.78 is 7.26. The third-order valence-corrected chi connectivity index (χ3v) is 3.28. The van der Waals surface area contributed by atoms with E-state index in [1.807, 2.05) is 45.4 Å². The summed E-state index contributed by atoms with van der Waals surface area (Å²) in [6, 6.07) is 3.64. The molecule has 6 heteroatoms. The highest BCUT2D eigenvalue weighted by atomic mass is 16.6. The Morgan fingerprint density at radius 1 is 1.50 bits per heavy atom. The van der Waals surface area contributed by atoms with E-state index in [4.69, 9.17) is 10.00 Å². The van der Waals surface area contributed by atoms with Crippen molar-refractivity contribution >= 4 is 6.09 Å². The predicted octanol–water partition coefficient (Wildman–Crippen LogP) is 2.63. The molecule has 6 nitrogen and oxygen atoms in total. The van der Waals surface area contributed by atoms with Gasteiger partial charge in [0.05, 0.1) is 17.8 Å². The number of ether oxygens (including phenoxy) is 1. The Balaban J connectivity index is 2.28. The normalized spacial score (nSPS) is 22.1. The van der Waals surface area contributed by atoms with Crippen LogP contribution in [0.2, 0.25) is 0 Å². The zero-order chi connectivity index (χ0) is 15.1. The molecule has 2 heterocycles. The molecule has 0 N–H and O–H groups in total. The zero-order valence-electron chi connectivity index (χ0n) is 12.5. The second-order valence-electron chi connectivity index (χ2n) is 6.17. The molecule has 0 fully saturated rings. The Hall–Kier alpha value is -2.03. The molecule has 2 atom stereocenters. The fourth-order valence-corrected chi connectivity index (χ4v) is 2.36. The van der Waals surface area contributed by atoms with Crippen LogP contribution >= 0.6 is 0 Å². The fourth-order valence-electron chi connectivity index (χ4n) is 2.36. The van der Waals surface area contributed by atoms with Crippen molar-refractivity contribution in [3.63, 3.8) is 0 Å². The van der Waals surface area contributed by atoms with Crippen LogP contribution in [0.5, 0.6) is 0 Å². The lowest BCUT2D eigenvalue weighted by Gasteiger charge is -2.38. The highest BCUT2D eigenvalue weighted by Crippen LogP contribution is 2.31. The molecule has 108 valence electrons. The van der Waals surface area contributed by atoms with E-state index in [0.29, 0.717) is 12.2 Å². The molecule has 1 aromatic rings. The van der Waals surface area contributed by atoms with Crippen LogP contribution in [-0.4, -0.2) is 32.9 Å². The second-order valence-corrected chi connectivity index (χ2v) is 6.17. The third-order valence-electron chi connectivity index (χ3n) is 3.28. The van der Waals surface area contributed by atoms with Gasteiger partial charge in [0, 0.05) is 6.54 Å². The summed E-state index contributed by atoms with van der Waals surface area (Å²) in [6.07, 6.45) is -0.331. The van der Waals surface area contributed by atoms with Gasteiger partial charge in [-0.15, -0.1) is 0 Å². The van der Waals surface area contributed by atoms with Crippen molar-refractivity contribution in [1.29, 1.82) is 5.26 Å². The summed E-state index contributed by atoms with van der Waals surface area (Å²) in [6.45, 7) is 9.96. The lowest BCUT2D eigenvalue weighted by molar-refractivity contribution is 0.00865. The van der Waals surface area contributed by atoms with E-state index in [0.717, 1.165) is 5.69 Å². The van der Waals surface area contributed by atoms with Crippen LogP contribution in [-0.2, 0) is 4.74 Å². The van der Waals surface area contributed by atoms with Crippen molar-refractivity contribution in [3.8, 4) is 6.07 Å². The number of nitriles is 1. The third kappa shape index (κ3) is 2.62. The van der Waals surface area contributed by atoms with E-state index >= 15 is 0 Å². The van der Waals surface area contributed by atoms with Gasteiger partial charge in [0.1, 0.15) is 11.7 Å². The Kier molecular flexibility index (Phi) is 3.46. The summed E-state index contributed by atoms with van der Waals surface area (Å²) in [5.74, 6) is 0. The zero-order valence-corrected chi connectivity index (χ0v) is 12.5. The average molecular weight is 276 g/mol. The van der Waals surface area contributed by atoms with Crippen molar-refractivity contribution in [2.45, 2.75) is 52.3 Å². The van der Waals surface area contributed by atoms with Crippen LogP contribution in [0.4, 0.5) is 4.79 Å². The quantitative estimate of drug-likeness (QED) is 0.730. The second kappa shape index (κ2) is 4.82. The van der Waals surface area contributed by atoms with Crippen molar-refractivity contribution in [2.24, 2.45) is 0 Å². The minimum atomic E-state index is -0.518. The van der Waals surface area contributed by atoms with Crippen LogP contribution in [0.3, 0.4) is 0 Å². The lowest BCUT2D eigenvalue weighted by Crippen LogP contribution is -2.45. The molecule has 20 heavy (non-hydrogen) atoms. The van der Waals surface area contributed by atoms with Gasteiger partial charge in [-0.25, -0.2) is 4.79 Å². The molecule has 0 radical (unpaired) electrons. The van der Waals surface area contributed by atoms with Gasteiger partial charge in [-0.05, 0) is 40.7 Å². The number of nitrogens with zero attached hydrogens (tertiary/aromatic N) is 4. The van der Waals surface area contributed by atoms with Gasteiger partial charge in [0.15, 0.2) is 5.69 Å². The maximum atomic E-state index is 12.3. The molecule has 0 spiro atoms. The van der Waals surface area contributed by atoms with Crippen LogP contribution in [0.15, 0.2) is 6.07 Å². The van der Waals surface area contributed by atoms with Gasteiger partial charge in [-0.1, -0.05) is 0 Å². The minimum absolute atomic E-state index is 0.0239. The molecule has 0 saturated carbocycles. The largest absolute Gasteiger partial charge is 0.444 e. The number of carbonyl (C=O) groups excluding carboxylic acids is 1. The molecule has 0 bridgehead atoms. The predicted molar refractivity (Wildman–Crippen MR) is 73.0 cm³/mol. The monoisotopic (exact) mass is 276 g/mol. The topological polar surface area (TPSA) is 71.2 Å². The van der Waals surface area contributed by atoms with Crippen molar-refractivity contribution < 1.29 is 9.53 Å². The maximum absolute atomic E-state index is 12.3. The highest BCUT2D eigenvalue weighted by molar-refractivity contribution is 5.69. The molecule has 1 aliphatic heterocycles. The summed E-state index contributed by atoms with van der Waals surface area (Å²) in [5, 5.41) is 13.2. The first-order valence-corrected chi connectivity index (χ1v) is 6.72. The SMILES string of the molecule is C[C@H]1c2cc(C#N)nn2[C@@H](C)CN1C(=O)OC(C)(C)C. The number of hydrogen-bond donors (Lipinski definition) is 0. The first-order valence-electron chi connectivity index (χ1n) is 6.72. The van der Waals surface area contributed by atoms with Crippen LogP contribution in [0.25, 0.3) is 0 Å². The van der Waals surface area contributed by atoms with Gasteiger partial charge in [-0.3, -0.25) is 9.58 Å². The van der Waals surface area contributed by atoms with E-state index in [-0.39, 0.29) is 18.2 Å². The van der Waals surface area contributed by atoms with Crippen LogP contribution in [0, 0.1) is 11.3 Å². The molecule has 0 saturated heterocycles. The molecular weight excluding hydrogens is 256 g/mol. The van der Waals surface area contributed by atoms with Crippen LogP contribution < -0.4 is 0 Å². The smallest absolute Gasteiger partial charge is 0.410 e. The van der Waals surface area contributed by atoms with Crippen molar-refractivity contribution in [3.05, 3.63) is 17.5 Å². The van der Waals surface area contributed by atoms with Gasteiger partial charge < -0.3 is 4.74 Å². The number of fused-ring (bicyclic) bond motifs is 1. The molecule has 2 rings (SSSR count). The van der Waals surface area contributed by atoms with Crippen molar-refractivity contribution in [2.75, 3.05) is 6.54 Å². The molecule has 0 aromatic carbocycles. The molecule has 1 aromatic heterocycles. The number of aromatic nitrogens is 2. The van der Waals surface area contributed by atoms with E-state index in [1.165, 1.54) is 0 Å². The van der Waals surface area contributed by atoms with Gasteiger partial charge in [-0.2, -0.15) is 10.4 Å². The van der Waals surface area contributed by atoms with Gasteiger partial charge in [0.2, 0.25) is 0 Å². The Morgan fingerprint density at radius 3 is 2.70 bits per heavy atom. The van der Waals surface area contributed by atoms with Crippen LogP contribution in [0.1, 0.15) is 58.1 Å². The molecule has 1 amide bonds. The lowest BCUT2D eigenvalue weighted by atomic mass is 10.1. The van der Waals surface area contributed by atoms with E-state index in [2.05, 4.69) is 5.10 Å². The molecule has 1 aliphatic rings. The molecular formula is C14H20N4O2. The highest BCUT2D eigenvalue weighted by Gasteiger charge is 2.35. The first kappa shape index (κ1) is 14.4. The summed E-state index contributed by atoms with van der Waals surface area (Å²) in [7, 11) is 0. The minimum Gasteiger partial charge on any atom is -0.444 e. The number of carbonyl (C=O) groups is 1. The molecule has 0 unspecified atom stereocenters.